The summed E-state index contributed by atoms with van der Waals surface area (Å²) >= 11 is 0. The van der Waals surface area contributed by atoms with Crippen molar-refractivity contribution in [3.63, 3.8) is 0 Å². The maximum atomic E-state index is 6.15. The molecule has 0 saturated carbocycles. The summed E-state index contributed by atoms with van der Waals surface area (Å²) in [5.41, 5.74) is 3.21. The second-order valence-corrected chi connectivity index (χ2v) is 7.32. The van der Waals surface area contributed by atoms with Crippen LogP contribution >= 0.6 is 0 Å². The first kappa shape index (κ1) is 16.3. The molecule has 2 nitrogen and oxygen atoms in total. The van der Waals surface area contributed by atoms with Gasteiger partial charge in [0.2, 0.25) is 0 Å². The van der Waals surface area contributed by atoms with Crippen molar-refractivity contribution in [3.8, 4) is 0 Å². The fraction of sp³-hybridized carbons (Fsp3) is 0.400. The van der Waals surface area contributed by atoms with Gasteiger partial charge in [0.25, 0.3) is 0 Å². The fourth-order valence-corrected chi connectivity index (χ4v) is 2.81. The van der Waals surface area contributed by atoms with E-state index in [1.807, 2.05) is 0 Å². The van der Waals surface area contributed by atoms with Gasteiger partial charge in [-0.1, -0.05) is 54.6 Å². The Morgan fingerprint density at radius 3 is 1.96 bits per heavy atom. The third-order valence-electron chi connectivity index (χ3n) is 5.02. The number of aryl methyl sites for hydroxylation is 2. The molecular weight excluding hydrogens is 283 g/mol. The average Bonchev–Trinajstić information content (AvgIpc) is 2.75. The van der Waals surface area contributed by atoms with Gasteiger partial charge in [0.1, 0.15) is 0 Å². The van der Waals surface area contributed by atoms with Crippen LogP contribution in [0.1, 0.15) is 38.8 Å². The lowest BCUT2D eigenvalue weighted by Crippen LogP contribution is -2.41. The van der Waals surface area contributed by atoms with E-state index in [-0.39, 0.29) is 18.3 Å². The maximum absolute atomic E-state index is 6.15. The molecular formula is C20H25BO2. The van der Waals surface area contributed by atoms with E-state index in [1.54, 1.807) is 0 Å². The van der Waals surface area contributed by atoms with Gasteiger partial charge >= 0.3 is 7.12 Å². The SMILES string of the molecule is CC1(C)OB(c2cccc(CCc3ccccc3)c2)OC1(C)C. The van der Waals surface area contributed by atoms with E-state index in [0.29, 0.717) is 0 Å². The summed E-state index contributed by atoms with van der Waals surface area (Å²) in [7, 11) is -0.281. The second kappa shape index (κ2) is 6.14. The van der Waals surface area contributed by atoms with E-state index in [9.17, 15) is 0 Å². The Balaban J connectivity index is 1.71. The molecule has 1 fully saturated rings. The number of hydrogen-bond acceptors (Lipinski definition) is 2. The second-order valence-electron chi connectivity index (χ2n) is 7.32. The van der Waals surface area contributed by atoms with Crippen LogP contribution in [0.2, 0.25) is 0 Å². The van der Waals surface area contributed by atoms with Crippen LogP contribution in [0.25, 0.3) is 0 Å². The van der Waals surface area contributed by atoms with Crippen LogP contribution in [-0.4, -0.2) is 18.3 Å². The van der Waals surface area contributed by atoms with Crippen LogP contribution in [0.5, 0.6) is 0 Å². The highest BCUT2D eigenvalue weighted by atomic mass is 16.7. The van der Waals surface area contributed by atoms with E-state index in [0.717, 1.165) is 18.3 Å². The minimum Gasteiger partial charge on any atom is -0.399 e. The van der Waals surface area contributed by atoms with Gasteiger partial charge < -0.3 is 9.31 Å². The number of rotatable bonds is 4. The highest BCUT2D eigenvalue weighted by Crippen LogP contribution is 2.36. The predicted molar refractivity (Wildman–Crippen MR) is 96.0 cm³/mol. The van der Waals surface area contributed by atoms with Gasteiger partial charge in [-0.05, 0) is 57.1 Å². The molecule has 0 aromatic heterocycles. The molecule has 0 bridgehead atoms. The molecule has 1 aliphatic heterocycles. The first-order chi connectivity index (χ1) is 10.9. The molecule has 0 spiro atoms. The van der Waals surface area contributed by atoms with E-state index < -0.39 is 0 Å². The standard InChI is InChI=1S/C20H25BO2/c1-19(2)20(3,4)23-21(22-19)18-12-8-11-17(15-18)14-13-16-9-6-5-7-10-16/h5-12,15H,13-14H2,1-4H3. The van der Waals surface area contributed by atoms with Crippen molar-refractivity contribution in [3.05, 3.63) is 65.7 Å². The lowest BCUT2D eigenvalue weighted by Gasteiger charge is -2.32. The summed E-state index contributed by atoms with van der Waals surface area (Å²) in [6.07, 6.45) is 2.07. The van der Waals surface area contributed by atoms with Crippen LogP contribution < -0.4 is 5.46 Å². The van der Waals surface area contributed by atoms with E-state index in [2.05, 4.69) is 82.3 Å². The minimum absolute atomic E-state index is 0.281. The molecule has 3 heteroatoms. The normalized spacial score (nSPS) is 19.0. The quantitative estimate of drug-likeness (QED) is 0.801. The van der Waals surface area contributed by atoms with Gasteiger partial charge in [0.15, 0.2) is 0 Å². The molecule has 0 amide bonds. The molecule has 0 N–H and O–H groups in total. The summed E-state index contributed by atoms with van der Waals surface area (Å²) in [5.74, 6) is 0. The lowest BCUT2D eigenvalue weighted by molar-refractivity contribution is 0.00578. The van der Waals surface area contributed by atoms with Gasteiger partial charge in [-0.2, -0.15) is 0 Å². The average molecular weight is 308 g/mol. The molecule has 2 aromatic carbocycles. The van der Waals surface area contributed by atoms with E-state index >= 15 is 0 Å². The zero-order chi connectivity index (χ0) is 16.5. The van der Waals surface area contributed by atoms with Gasteiger partial charge in [-0.15, -0.1) is 0 Å². The van der Waals surface area contributed by atoms with Gasteiger partial charge in [-0.3, -0.25) is 0 Å². The van der Waals surface area contributed by atoms with E-state index in [4.69, 9.17) is 9.31 Å². The Bertz CT molecular complexity index is 648. The Morgan fingerprint density at radius 2 is 1.30 bits per heavy atom. The van der Waals surface area contributed by atoms with Crippen molar-refractivity contribution in [2.24, 2.45) is 0 Å². The predicted octanol–water partition coefficient (Wildman–Crippen LogP) is 3.77. The molecule has 0 aliphatic carbocycles. The monoisotopic (exact) mass is 308 g/mol. The van der Waals surface area contributed by atoms with Gasteiger partial charge in [0, 0.05) is 0 Å². The molecule has 120 valence electrons. The summed E-state index contributed by atoms with van der Waals surface area (Å²) in [5, 5.41) is 0. The first-order valence-electron chi connectivity index (χ1n) is 8.36. The van der Waals surface area contributed by atoms with E-state index in [1.165, 1.54) is 11.1 Å². The van der Waals surface area contributed by atoms with Crippen LogP contribution in [0, 0.1) is 0 Å². The molecule has 23 heavy (non-hydrogen) atoms. The van der Waals surface area contributed by atoms with Crippen LogP contribution in [-0.2, 0) is 22.2 Å². The van der Waals surface area contributed by atoms with Crippen LogP contribution in [0.15, 0.2) is 54.6 Å². The van der Waals surface area contributed by atoms with Gasteiger partial charge in [0.05, 0.1) is 11.2 Å². The summed E-state index contributed by atoms with van der Waals surface area (Å²) in [6, 6.07) is 19.2. The van der Waals surface area contributed by atoms with Crippen LogP contribution in [0.4, 0.5) is 0 Å². The number of hydrogen-bond donors (Lipinski definition) is 0. The summed E-state index contributed by atoms with van der Waals surface area (Å²) in [6.45, 7) is 8.36. The first-order valence-corrected chi connectivity index (χ1v) is 8.36. The van der Waals surface area contributed by atoms with Crippen molar-refractivity contribution < 1.29 is 9.31 Å². The van der Waals surface area contributed by atoms with Crippen molar-refractivity contribution >= 4 is 12.6 Å². The zero-order valence-electron chi connectivity index (χ0n) is 14.5. The minimum atomic E-state index is -0.294. The third-order valence-corrected chi connectivity index (χ3v) is 5.02. The Kier molecular flexibility index (Phi) is 4.35. The third kappa shape index (κ3) is 3.51. The molecule has 1 heterocycles. The largest absolute Gasteiger partial charge is 0.494 e. The van der Waals surface area contributed by atoms with Crippen molar-refractivity contribution in [2.45, 2.75) is 51.7 Å². The summed E-state index contributed by atoms with van der Waals surface area (Å²) < 4.78 is 12.3. The molecule has 0 radical (unpaired) electrons. The Morgan fingerprint density at radius 1 is 0.739 bits per heavy atom. The number of benzene rings is 2. The van der Waals surface area contributed by atoms with Crippen molar-refractivity contribution in [1.29, 1.82) is 0 Å². The molecule has 1 aliphatic rings. The van der Waals surface area contributed by atoms with Crippen molar-refractivity contribution in [1.82, 2.24) is 0 Å². The maximum Gasteiger partial charge on any atom is 0.494 e. The molecule has 0 unspecified atom stereocenters. The van der Waals surface area contributed by atoms with Crippen LogP contribution in [0.3, 0.4) is 0 Å². The zero-order valence-corrected chi connectivity index (χ0v) is 14.5. The lowest BCUT2D eigenvalue weighted by atomic mass is 9.78. The topological polar surface area (TPSA) is 18.5 Å². The van der Waals surface area contributed by atoms with Crippen molar-refractivity contribution in [2.75, 3.05) is 0 Å². The van der Waals surface area contributed by atoms with Gasteiger partial charge in [-0.25, -0.2) is 0 Å². The summed E-state index contributed by atoms with van der Waals surface area (Å²) in [4.78, 5) is 0. The Hall–Kier alpha value is -1.58. The highest BCUT2D eigenvalue weighted by Gasteiger charge is 2.51. The molecule has 2 aromatic rings. The molecule has 0 atom stereocenters. The molecule has 3 rings (SSSR count). The molecule has 1 saturated heterocycles. The highest BCUT2D eigenvalue weighted by molar-refractivity contribution is 6.62. The fourth-order valence-electron chi connectivity index (χ4n) is 2.81. The smallest absolute Gasteiger partial charge is 0.399 e. The Labute approximate surface area is 140 Å².